The van der Waals surface area contributed by atoms with Crippen LogP contribution in [0.3, 0.4) is 0 Å². The summed E-state index contributed by atoms with van der Waals surface area (Å²) in [6.45, 7) is 9.91. The van der Waals surface area contributed by atoms with Gasteiger partial charge in [0, 0.05) is 24.3 Å². The Kier molecular flexibility index (Phi) is 6.14. The summed E-state index contributed by atoms with van der Waals surface area (Å²) in [6, 6.07) is 2.00. The van der Waals surface area contributed by atoms with Crippen molar-refractivity contribution in [2.24, 2.45) is 0 Å². The molecule has 0 aliphatic carbocycles. The first-order valence-electron chi connectivity index (χ1n) is 9.13. The van der Waals surface area contributed by atoms with Gasteiger partial charge in [-0.3, -0.25) is 5.32 Å². The zero-order valence-corrected chi connectivity index (χ0v) is 16.3. The van der Waals surface area contributed by atoms with E-state index in [0.29, 0.717) is 30.1 Å². The van der Waals surface area contributed by atoms with Crippen molar-refractivity contribution in [2.75, 3.05) is 44.7 Å². The summed E-state index contributed by atoms with van der Waals surface area (Å²) in [5.74, 6) is 0. The monoisotopic (exact) mass is 379 g/mol. The number of nitrogens with one attached hydrogen (secondary N) is 3. The number of urea groups is 1. The fourth-order valence-corrected chi connectivity index (χ4v) is 4.43. The molecule has 1 fully saturated rings. The number of nitrogens with zero attached hydrogens (tertiary/aromatic N) is 1. The molecule has 142 valence electrons. The average Bonchev–Trinajstić information content (AvgIpc) is 2.94. The van der Waals surface area contributed by atoms with Crippen LogP contribution in [0.4, 0.5) is 9.80 Å². The maximum Gasteiger partial charge on any atom is 0.319 e. The molecule has 0 atom stereocenters. The number of rotatable bonds is 5. The van der Waals surface area contributed by atoms with Gasteiger partial charge in [-0.1, -0.05) is 0 Å². The summed E-state index contributed by atoms with van der Waals surface area (Å²) in [5, 5.41) is 15.9. The number of morpholine rings is 1. The molecule has 2 amide bonds. The van der Waals surface area contributed by atoms with Gasteiger partial charge in [-0.2, -0.15) is 5.26 Å². The minimum absolute atomic E-state index is 0.253. The Labute approximate surface area is 158 Å². The van der Waals surface area contributed by atoms with Crippen LogP contribution in [0, 0.1) is 11.3 Å². The van der Waals surface area contributed by atoms with Crippen LogP contribution in [-0.2, 0) is 22.5 Å². The van der Waals surface area contributed by atoms with Gasteiger partial charge < -0.3 is 19.7 Å². The predicted octanol–water partition coefficient (Wildman–Crippen LogP) is 0.898. The van der Waals surface area contributed by atoms with E-state index in [1.165, 1.54) is 16.2 Å². The molecule has 1 aromatic rings. The summed E-state index contributed by atoms with van der Waals surface area (Å²) in [6.07, 6.45) is 1.62. The second-order valence-corrected chi connectivity index (χ2v) is 8.50. The van der Waals surface area contributed by atoms with Gasteiger partial charge in [-0.05, 0) is 19.4 Å². The third-order valence-electron chi connectivity index (χ3n) is 4.82. The molecule has 3 N–H and O–H groups in total. The van der Waals surface area contributed by atoms with E-state index in [4.69, 9.17) is 9.47 Å². The van der Waals surface area contributed by atoms with Crippen LogP contribution in [0.15, 0.2) is 0 Å². The molecule has 2 aliphatic heterocycles. The number of ether oxygens (including phenoxy) is 2. The van der Waals surface area contributed by atoms with Gasteiger partial charge >= 0.3 is 6.03 Å². The number of fused-ring (bicyclic) bond motifs is 1. The van der Waals surface area contributed by atoms with Crippen molar-refractivity contribution < 1.29 is 19.2 Å². The van der Waals surface area contributed by atoms with E-state index in [9.17, 15) is 10.1 Å². The number of thiophene rings is 1. The van der Waals surface area contributed by atoms with Gasteiger partial charge in [-0.15, -0.1) is 11.3 Å². The van der Waals surface area contributed by atoms with Gasteiger partial charge in [0.05, 0.1) is 37.5 Å². The molecule has 2 aliphatic rings. The van der Waals surface area contributed by atoms with Crippen molar-refractivity contribution in [3.63, 3.8) is 0 Å². The molecular formula is C18H27N4O3S+. The maximum atomic E-state index is 12.2. The molecule has 0 saturated carbocycles. The van der Waals surface area contributed by atoms with E-state index in [-0.39, 0.29) is 11.6 Å². The minimum atomic E-state index is -0.277. The highest BCUT2D eigenvalue weighted by Gasteiger charge is 2.31. The summed E-state index contributed by atoms with van der Waals surface area (Å²) in [4.78, 5) is 14.7. The zero-order valence-electron chi connectivity index (χ0n) is 15.4. The van der Waals surface area contributed by atoms with Crippen LogP contribution in [0.25, 0.3) is 0 Å². The first-order valence-corrected chi connectivity index (χ1v) is 9.95. The Balaban J connectivity index is 1.50. The summed E-state index contributed by atoms with van der Waals surface area (Å²) in [7, 11) is 0. The van der Waals surface area contributed by atoms with Crippen molar-refractivity contribution in [3.05, 3.63) is 16.0 Å². The number of anilines is 1. The molecule has 0 spiro atoms. The molecule has 8 heteroatoms. The third kappa shape index (κ3) is 4.74. The van der Waals surface area contributed by atoms with Crippen molar-refractivity contribution in [2.45, 2.75) is 38.9 Å². The minimum Gasteiger partial charge on any atom is -0.370 e. The first-order chi connectivity index (χ1) is 12.5. The fraction of sp³-hybridized carbons (Fsp3) is 0.667. The lowest BCUT2D eigenvalue weighted by Gasteiger charge is -2.29. The highest BCUT2D eigenvalue weighted by Crippen LogP contribution is 2.39. The Bertz CT molecular complexity index is 689. The molecule has 0 bridgehead atoms. The van der Waals surface area contributed by atoms with Crippen molar-refractivity contribution in [1.82, 2.24) is 5.32 Å². The number of hydrogen-bond acceptors (Lipinski definition) is 5. The van der Waals surface area contributed by atoms with Gasteiger partial charge in [0.1, 0.15) is 24.2 Å². The van der Waals surface area contributed by atoms with Gasteiger partial charge in [0.2, 0.25) is 0 Å². The largest absolute Gasteiger partial charge is 0.370 e. The van der Waals surface area contributed by atoms with Crippen LogP contribution in [0.1, 0.15) is 36.3 Å². The number of nitriles is 1. The number of carbonyl (C=O) groups excluding carboxylic acids is 1. The molecule has 26 heavy (non-hydrogen) atoms. The Hall–Kier alpha value is -1.66. The average molecular weight is 380 g/mol. The molecule has 0 aromatic carbocycles. The molecule has 7 nitrogen and oxygen atoms in total. The molecule has 1 aromatic heterocycles. The number of amides is 2. The first kappa shape index (κ1) is 19.1. The molecule has 3 rings (SSSR count). The lowest BCUT2D eigenvalue weighted by Crippen LogP contribution is -3.14. The van der Waals surface area contributed by atoms with E-state index < -0.39 is 0 Å². The number of hydrogen-bond donors (Lipinski definition) is 3. The zero-order chi connectivity index (χ0) is 18.6. The second kappa shape index (κ2) is 8.35. The van der Waals surface area contributed by atoms with Crippen LogP contribution in [-0.4, -0.2) is 51.0 Å². The number of carbonyl (C=O) groups is 1. The summed E-state index contributed by atoms with van der Waals surface area (Å²) < 4.78 is 11.2. The quantitative estimate of drug-likeness (QED) is 0.664. The van der Waals surface area contributed by atoms with Gasteiger partial charge in [0.25, 0.3) is 0 Å². The molecule has 0 unspecified atom stereocenters. The smallest absolute Gasteiger partial charge is 0.319 e. The summed E-state index contributed by atoms with van der Waals surface area (Å²) >= 11 is 1.44. The third-order valence-corrected chi connectivity index (χ3v) is 5.94. The van der Waals surface area contributed by atoms with Crippen molar-refractivity contribution in [1.29, 1.82) is 5.26 Å². The maximum absolute atomic E-state index is 12.2. The number of quaternary nitrogens is 1. The van der Waals surface area contributed by atoms with Gasteiger partial charge in [0.15, 0.2) is 0 Å². The van der Waals surface area contributed by atoms with Crippen LogP contribution < -0.4 is 15.5 Å². The molecular weight excluding hydrogens is 352 g/mol. The molecule has 1 saturated heterocycles. The van der Waals surface area contributed by atoms with E-state index in [1.54, 1.807) is 0 Å². The topological polar surface area (TPSA) is 87.8 Å². The van der Waals surface area contributed by atoms with Crippen molar-refractivity contribution >= 4 is 22.4 Å². The Morgan fingerprint density at radius 3 is 2.88 bits per heavy atom. The highest BCUT2D eigenvalue weighted by atomic mass is 32.1. The van der Waals surface area contributed by atoms with Crippen LogP contribution >= 0.6 is 11.3 Å². The standard InChI is InChI=1S/C18H26N4O3S/c1-18(2)10-13-14(11-19)16(26-15(13)12-25-18)21-17(23)20-4-3-5-22-6-8-24-9-7-22/h3-10,12H2,1-2H3,(H2,20,21,23)/p+1. The fourth-order valence-electron chi connectivity index (χ4n) is 3.36. The Morgan fingerprint density at radius 2 is 2.15 bits per heavy atom. The van der Waals surface area contributed by atoms with Gasteiger partial charge in [-0.25, -0.2) is 4.79 Å². The van der Waals surface area contributed by atoms with E-state index in [2.05, 4.69) is 16.7 Å². The Morgan fingerprint density at radius 1 is 1.38 bits per heavy atom. The highest BCUT2D eigenvalue weighted by molar-refractivity contribution is 7.16. The predicted molar refractivity (Wildman–Crippen MR) is 99.6 cm³/mol. The lowest BCUT2D eigenvalue weighted by atomic mass is 9.93. The summed E-state index contributed by atoms with van der Waals surface area (Å²) in [5.41, 5.74) is 1.32. The normalized spacial score (nSPS) is 19.4. The lowest BCUT2D eigenvalue weighted by molar-refractivity contribution is -0.908. The molecule has 3 heterocycles. The van der Waals surface area contributed by atoms with E-state index in [0.717, 1.165) is 49.7 Å². The molecule has 0 radical (unpaired) electrons. The SMILES string of the molecule is CC1(C)Cc2c(sc(NC(=O)NCCC[NH+]3CCOCC3)c2C#N)CO1. The second-order valence-electron chi connectivity index (χ2n) is 7.39. The van der Waals surface area contributed by atoms with Crippen molar-refractivity contribution in [3.8, 4) is 6.07 Å². The van der Waals surface area contributed by atoms with E-state index in [1.807, 2.05) is 13.8 Å². The van der Waals surface area contributed by atoms with Crippen LogP contribution in [0.2, 0.25) is 0 Å². The van der Waals surface area contributed by atoms with Crippen LogP contribution in [0.5, 0.6) is 0 Å². The van der Waals surface area contributed by atoms with E-state index >= 15 is 0 Å².